The Bertz CT molecular complexity index is 1040. The fraction of sp³-hybridized carbons (Fsp3) is 0.771. The van der Waals surface area contributed by atoms with Gasteiger partial charge in [0.25, 0.3) is 0 Å². The summed E-state index contributed by atoms with van der Waals surface area (Å²) in [6.45, 7) is 18.8. The third-order valence-corrected chi connectivity index (χ3v) is 11.9. The van der Waals surface area contributed by atoms with E-state index in [-0.39, 0.29) is 5.41 Å². The second kappa shape index (κ2) is 9.42. The van der Waals surface area contributed by atoms with Gasteiger partial charge in [0, 0.05) is 0 Å². The molecule has 0 saturated heterocycles. The fourth-order valence-electron chi connectivity index (χ4n) is 9.80. The maximum atomic E-state index is 11.3. The third-order valence-electron chi connectivity index (χ3n) is 11.9. The highest BCUT2D eigenvalue weighted by molar-refractivity contribution is 5.50. The second-order valence-electron chi connectivity index (χ2n) is 15.5. The molecule has 4 aliphatic carbocycles. The van der Waals surface area contributed by atoms with E-state index in [1.165, 1.54) is 36.8 Å². The number of aliphatic hydroxyl groups is 1. The highest BCUT2D eigenvalue weighted by Crippen LogP contribution is 2.61. The summed E-state index contributed by atoms with van der Waals surface area (Å²) in [6.07, 6.45) is 13.2. The summed E-state index contributed by atoms with van der Waals surface area (Å²) in [4.78, 5) is 0. The van der Waals surface area contributed by atoms with Crippen LogP contribution in [0.15, 0.2) is 23.8 Å². The fourth-order valence-corrected chi connectivity index (χ4v) is 9.80. The van der Waals surface area contributed by atoms with Crippen molar-refractivity contribution in [3.63, 3.8) is 0 Å². The van der Waals surface area contributed by atoms with E-state index in [9.17, 15) is 10.2 Å². The number of fused-ring (bicyclic) bond motifs is 4. The van der Waals surface area contributed by atoms with Crippen molar-refractivity contribution in [3.8, 4) is 5.75 Å². The van der Waals surface area contributed by atoms with Crippen LogP contribution in [0, 0.1) is 35.0 Å². The van der Waals surface area contributed by atoms with E-state index in [0.717, 1.165) is 37.7 Å². The normalized spacial score (nSPS) is 39.1. The lowest BCUT2D eigenvalue weighted by molar-refractivity contribution is -0.0809. The van der Waals surface area contributed by atoms with Crippen LogP contribution in [0.4, 0.5) is 0 Å². The van der Waals surface area contributed by atoms with E-state index in [4.69, 9.17) is 0 Å². The van der Waals surface area contributed by atoms with Gasteiger partial charge in [0.05, 0.1) is 5.60 Å². The number of hydrogen-bond acceptors (Lipinski definition) is 2. The maximum absolute atomic E-state index is 11.3. The largest absolute Gasteiger partial charge is 0.508 e. The summed E-state index contributed by atoms with van der Waals surface area (Å²) >= 11 is 0. The Hall–Kier alpha value is -1.28. The average Bonchev–Trinajstić information content (AvgIpc) is 2.79. The molecule has 2 nitrogen and oxygen atoms in total. The van der Waals surface area contributed by atoms with Gasteiger partial charge in [-0.15, -0.1) is 0 Å². The zero-order valence-electron chi connectivity index (χ0n) is 25.0. The van der Waals surface area contributed by atoms with Gasteiger partial charge in [0.1, 0.15) is 5.75 Å². The van der Waals surface area contributed by atoms with Gasteiger partial charge in [-0.2, -0.15) is 0 Å². The molecule has 2 N–H and O–H groups in total. The summed E-state index contributed by atoms with van der Waals surface area (Å²) < 4.78 is 0. The van der Waals surface area contributed by atoms with Gasteiger partial charge in [0.15, 0.2) is 0 Å². The van der Waals surface area contributed by atoms with Crippen LogP contribution in [0.1, 0.15) is 142 Å². The first kappa shape index (κ1) is 27.3. The lowest BCUT2D eigenvalue weighted by Crippen LogP contribution is -2.49. The first-order valence-corrected chi connectivity index (χ1v) is 15.5. The van der Waals surface area contributed by atoms with E-state index in [0.29, 0.717) is 52.6 Å². The summed E-state index contributed by atoms with van der Waals surface area (Å²) in [5, 5.41) is 22.4. The molecule has 37 heavy (non-hydrogen) atoms. The molecule has 1 aromatic rings. The minimum Gasteiger partial charge on any atom is -0.508 e. The van der Waals surface area contributed by atoms with Crippen molar-refractivity contribution in [3.05, 3.63) is 40.5 Å². The number of benzene rings is 1. The Morgan fingerprint density at radius 3 is 2.38 bits per heavy atom. The van der Waals surface area contributed by atoms with Crippen LogP contribution in [0.5, 0.6) is 5.75 Å². The van der Waals surface area contributed by atoms with Crippen LogP contribution in [0.3, 0.4) is 0 Å². The number of hydrogen-bond donors (Lipinski definition) is 2. The molecule has 0 aliphatic heterocycles. The molecule has 0 amide bonds. The first-order valence-electron chi connectivity index (χ1n) is 15.5. The SMILES string of the molecule is CC(C)c1cc2c(cc1O)[C@@]1(C)CCCC(C)(C)[C@@H]1C[C@H]2CC1=C[C@H]2[C@@H](CC1)[C@](C)(O)CC[C@H]2C(C)C. The van der Waals surface area contributed by atoms with E-state index < -0.39 is 5.60 Å². The highest BCUT2D eigenvalue weighted by atomic mass is 16.3. The van der Waals surface area contributed by atoms with Crippen molar-refractivity contribution < 1.29 is 10.2 Å². The highest BCUT2D eigenvalue weighted by Gasteiger charge is 2.52. The molecule has 0 spiro atoms. The molecule has 0 radical (unpaired) electrons. The van der Waals surface area contributed by atoms with Gasteiger partial charge < -0.3 is 10.2 Å². The van der Waals surface area contributed by atoms with Crippen molar-refractivity contribution in [1.29, 1.82) is 0 Å². The van der Waals surface area contributed by atoms with E-state index in [1.54, 1.807) is 5.57 Å². The third kappa shape index (κ3) is 4.62. The van der Waals surface area contributed by atoms with Crippen molar-refractivity contribution in [2.75, 3.05) is 0 Å². The minimum absolute atomic E-state index is 0.150. The Morgan fingerprint density at radius 2 is 1.70 bits per heavy atom. The zero-order valence-corrected chi connectivity index (χ0v) is 25.0. The number of phenols is 1. The Labute approximate surface area is 227 Å². The summed E-state index contributed by atoms with van der Waals surface area (Å²) in [5.74, 6) is 4.25. The van der Waals surface area contributed by atoms with Gasteiger partial charge >= 0.3 is 0 Å². The lowest BCUT2D eigenvalue weighted by Gasteiger charge is -2.56. The number of allylic oxidation sites excluding steroid dienone is 2. The molecule has 7 atom stereocenters. The van der Waals surface area contributed by atoms with Crippen LogP contribution in [-0.4, -0.2) is 15.8 Å². The summed E-state index contributed by atoms with van der Waals surface area (Å²) in [7, 11) is 0. The Morgan fingerprint density at radius 1 is 0.973 bits per heavy atom. The van der Waals surface area contributed by atoms with E-state index in [2.05, 4.69) is 73.6 Å². The number of phenolic OH excluding ortho intramolecular Hbond substituents is 1. The van der Waals surface area contributed by atoms with E-state index in [1.807, 2.05) is 0 Å². The molecule has 5 rings (SSSR count). The summed E-state index contributed by atoms with van der Waals surface area (Å²) in [6, 6.07) is 4.58. The molecule has 2 saturated carbocycles. The molecular formula is C35H54O2. The predicted octanol–water partition coefficient (Wildman–Crippen LogP) is 9.25. The van der Waals surface area contributed by atoms with Crippen molar-refractivity contribution >= 4 is 0 Å². The minimum atomic E-state index is -0.521. The lowest BCUT2D eigenvalue weighted by atomic mass is 9.48. The first-order chi connectivity index (χ1) is 17.2. The van der Waals surface area contributed by atoms with Gasteiger partial charge in [0.2, 0.25) is 0 Å². The van der Waals surface area contributed by atoms with E-state index >= 15 is 0 Å². The van der Waals surface area contributed by atoms with Gasteiger partial charge in [-0.05, 0) is 133 Å². The monoisotopic (exact) mass is 506 g/mol. The van der Waals surface area contributed by atoms with Gasteiger partial charge in [-0.25, -0.2) is 0 Å². The number of aromatic hydroxyl groups is 1. The molecule has 2 heteroatoms. The van der Waals surface area contributed by atoms with Crippen LogP contribution < -0.4 is 0 Å². The molecule has 0 unspecified atom stereocenters. The quantitative estimate of drug-likeness (QED) is 0.399. The molecule has 2 fully saturated rings. The number of rotatable bonds is 4. The van der Waals surface area contributed by atoms with Gasteiger partial charge in [-0.1, -0.05) is 72.6 Å². The van der Waals surface area contributed by atoms with Crippen molar-refractivity contribution in [2.45, 2.75) is 136 Å². The average molecular weight is 507 g/mol. The van der Waals surface area contributed by atoms with Crippen LogP contribution in [-0.2, 0) is 5.41 Å². The molecular weight excluding hydrogens is 452 g/mol. The Kier molecular flexibility index (Phi) is 6.95. The zero-order chi connectivity index (χ0) is 26.9. The molecule has 206 valence electrons. The molecule has 0 heterocycles. The molecule has 0 aromatic heterocycles. The Balaban J connectivity index is 1.54. The maximum Gasteiger partial charge on any atom is 0.119 e. The topological polar surface area (TPSA) is 40.5 Å². The molecule has 1 aromatic carbocycles. The van der Waals surface area contributed by atoms with Gasteiger partial charge in [-0.3, -0.25) is 0 Å². The standard InChI is InChI=1S/C35H54O2/c1-21(2)25-12-15-35(8,37)29-11-10-23(17-28(25)29)16-24-18-32-33(5,6)13-9-14-34(32,7)30-20-31(36)26(22(3)4)19-27(24)30/h17,19-22,24-25,28-29,32,36-37H,9-16,18H2,1-8H3/t24-,25+,28-,29-,32+,34-,35-/m1/s1. The molecule has 4 aliphatic rings. The van der Waals surface area contributed by atoms with Crippen LogP contribution in [0.2, 0.25) is 0 Å². The molecule has 0 bridgehead atoms. The smallest absolute Gasteiger partial charge is 0.119 e. The second-order valence-corrected chi connectivity index (χ2v) is 15.5. The predicted molar refractivity (Wildman–Crippen MR) is 155 cm³/mol. The van der Waals surface area contributed by atoms with Crippen LogP contribution in [0.25, 0.3) is 0 Å². The summed E-state index contributed by atoms with van der Waals surface area (Å²) in [5.41, 5.74) is 5.67. The van der Waals surface area contributed by atoms with Crippen molar-refractivity contribution in [2.24, 2.45) is 35.0 Å². The van der Waals surface area contributed by atoms with Crippen LogP contribution >= 0.6 is 0 Å². The van der Waals surface area contributed by atoms with Crippen molar-refractivity contribution in [1.82, 2.24) is 0 Å².